The molecule has 9 aromatic carbocycles. The van der Waals surface area contributed by atoms with Gasteiger partial charge in [0.25, 0.3) is 6.33 Å². The molecule has 76 heavy (non-hydrogen) atoms. The molecule has 3 aromatic heterocycles. The van der Waals surface area contributed by atoms with Gasteiger partial charge in [0.05, 0.1) is 23.6 Å². The van der Waals surface area contributed by atoms with Crippen molar-refractivity contribution in [2.24, 2.45) is 0 Å². The summed E-state index contributed by atoms with van der Waals surface area (Å²) in [5.41, 5.74) is 9.30. The van der Waals surface area contributed by atoms with Crippen molar-refractivity contribution < 1.29 is 45.4 Å². The van der Waals surface area contributed by atoms with Crippen molar-refractivity contribution in [3.05, 3.63) is 235 Å². The maximum absolute atomic E-state index is 9.40. The van der Waals surface area contributed by atoms with Gasteiger partial charge in [0.2, 0.25) is 0 Å². The van der Waals surface area contributed by atoms with Gasteiger partial charge in [-0.25, -0.2) is 4.98 Å². The molecular weight excluding hydrogens is 1110 g/mol. The van der Waals surface area contributed by atoms with E-state index in [1.54, 1.807) is 24.3 Å². The van der Waals surface area contributed by atoms with Crippen molar-refractivity contribution in [3.8, 4) is 84.3 Å². The van der Waals surface area contributed by atoms with E-state index in [4.69, 9.17) is 22.1 Å². The fraction of sp³-hybridized carbons (Fsp3) is 0.143. The molecular formula is C70H56N4OPt-2. The average Bonchev–Trinajstić information content (AvgIpc) is 1.66. The largest absolute Gasteiger partial charge is 0.510 e. The van der Waals surface area contributed by atoms with Crippen molar-refractivity contribution >= 4 is 32.8 Å². The van der Waals surface area contributed by atoms with Crippen LogP contribution in [0.25, 0.3) is 106 Å². The molecule has 4 heterocycles. The molecule has 0 saturated heterocycles. The van der Waals surface area contributed by atoms with E-state index in [-0.39, 0.29) is 54.3 Å². The third kappa shape index (κ3) is 8.12. The Morgan fingerprint density at radius 3 is 1.95 bits per heavy atom. The second-order valence-corrected chi connectivity index (χ2v) is 21.2. The van der Waals surface area contributed by atoms with Crippen LogP contribution in [0, 0.1) is 32.2 Å². The van der Waals surface area contributed by atoms with Crippen LogP contribution < -0.4 is 9.30 Å². The van der Waals surface area contributed by atoms with Crippen LogP contribution in [-0.2, 0) is 31.9 Å². The molecule has 0 saturated carbocycles. The monoisotopic (exact) mass is 1170 g/mol. The van der Waals surface area contributed by atoms with E-state index in [1.807, 2.05) is 100 Å². The summed E-state index contributed by atoms with van der Waals surface area (Å²) in [6.45, 7) is 7.32. The minimum Gasteiger partial charge on any atom is -0.510 e. The number of fused-ring (bicyclic) bond motifs is 10. The fourth-order valence-corrected chi connectivity index (χ4v) is 10.8. The number of aromatic nitrogens is 4. The zero-order valence-electron chi connectivity index (χ0n) is 53.6. The molecule has 0 amide bonds. The zero-order chi connectivity index (χ0) is 60.7. The van der Waals surface area contributed by atoms with Crippen LogP contribution in [0.1, 0.15) is 78.9 Å². The number of ether oxygens (including phenoxy) is 1. The molecule has 374 valence electrons. The number of benzene rings is 9. The van der Waals surface area contributed by atoms with Gasteiger partial charge in [-0.15, -0.1) is 29.7 Å². The Bertz CT molecular complexity index is 4750. The number of nitrogens with zero attached hydrogens (tertiary/aromatic N) is 4. The van der Waals surface area contributed by atoms with E-state index in [0.29, 0.717) is 56.2 Å². The zero-order valence-corrected chi connectivity index (χ0v) is 44.9. The number of imidazole rings is 1. The number of aryl methyl sites for hydroxylation is 2. The number of para-hydroxylation sites is 2. The van der Waals surface area contributed by atoms with Crippen LogP contribution in [0.15, 0.2) is 194 Å². The van der Waals surface area contributed by atoms with E-state index in [1.165, 1.54) is 18.2 Å². The Labute approximate surface area is 475 Å². The van der Waals surface area contributed by atoms with Gasteiger partial charge in [-0.3, -0.25) is 4.57 Å². The second-order valence-electron chi connectivity index (χ2n) is 21.2. The Balaban J connectivity index is 0.00000739. The Hall–Kier alpha value is -8.11. The molecule has 0 bridgehead atoms. The normalized spacial score (nSPS) is 14.5. The summed E-state index contributed by atoms with van der Waals surface area (Å²) in [5.74, 6) is 1.54. The Kier molecular flexibility index (Phi) is 9.21. The molecule has 12 aromatic rings. The Morgan fingerprint density at radius 1 is 0.553 bits per heavy atom. The summed E-state index contributed by atoms with van der Waals surface area (Å²) in [6, 6.07) is 53.8. The molecule has 0 N–H and O–H groups in total. The van der Waals surface area contributed by atoms with Gasteiger partial charge in [-0.1, -0.05) is 180 Å². The van der Waals surface area contributed by atoms with E-state index in [2.05, 4.69) is 94.9 Å². The molecule has 0 fully saturated rings. The minimum atomic E-state index is -2.80. The van der Waals surface area contributed by atoms with E-state index in [0.717, 1.165) is 55.4 Å². The summed E-state index contributed by atoms with van der Waals surface area (Å²) >= 11 is 0. The van der Waals surface area contributed by atoms with Crippen molar-refractivity contribution in [2.45, 2.75) is 66.1 Å². The molecule has 0 spiro atoms. The van der Waals surface area contributed by atoms with Crippen LogP contribution >= 0.6 is 0 Å². The van der Waals surface area contributed by atoms with Gasteiger partial charge in [-0.05, 0) is 138 Å². The molecule has 13 rings (SSSR count). The van der Waals surface area contributed by atoms with Crippen molar-refractivity contribution in [1.29, 1.82) is 0 Å². The quantitative estimate of drug-likeness (QED) is 0.123. The SMILES string of the molecule is [2H]c1c([2H])c([2H])c(-c2cccc3c2-c2cccc(-c4c(C([2H])([2H])[2H])cccc4C([2H])([2H])[2H])c2-[n+]2[c-]n(-c4[c-]c(Oc5[c-]c6c(cc5)c5ccccc5n6-c5cc(C(C)(C)C)ccn5)ccc4)c4cc(C(C)(C)C)cc(c42)-c2ccccc2-3)c([2H])c1[2H].[Pt]. The van der Waals surface area contributed by atoms with Gasteiger partial charge in [0.15, 0.2) is 0 Å². The molecule has 0 atom stereocenters. The predicted octanol–water partition coefficient (Wildman–Crippen LogP) is 17.4. The molecule has 1 aliphatic rings. The average molecular weight is 1180 g/mol. The van der Waals surface area contributed by atoms with E-state index in [9.17, 15) is 2.74 Å². The third-order valence-corrected chi connectivity index (χ3v) is 14.4. The first kappa shape index (κ1) is 37.6. The first-order chi connectivity index (χ1) is 40.8. The maximum atomic E-state index is 9.40. The van der Waals surface area contributed by atoms with Crippen LogP contribution in [-0.4, -0.2) is 14.1 Å². The Morgan fingerprint density at radius 2 is 1.20 bits per heavy atom. The summed E-state index contributed by atoms with van der Waals surface area (Å²) in [4.78, 5) is 4.86. The smallest absolute Gasteiger partial charge is 0.268 e. The van der Waals surface area contributed by atoms with Crippen molar-refractivity contribution in [1.82, 2.24) is 14.1 Å². The molecule has 0 aliphatic carbocycles. The van der Waals surface area contributed by atoms with Crippen molar-refractivity contribution in [2.75, 3.05) is 0 Å². The van der Waals surface area contributed by atoms with Crippen LogP contribution in [0.4, 0.5) is 0 Å². The number of hydrogen-bond acceptors (Lipinski definition) is 2. The minimum absolute atomic E-state index is 0. The number of pyridine rings is 1. The summed E-state index contributed by atoms with van der Waals surface area (Å²) in [7, 11) is 0. The van der Waals surface area contributed by atoms with Gasteiger partial charge in [-0.2, -0.15) is 18.2 Å². The summed E-state index contributed by atoms with van der Waals surface area (Å²) in [6.07, 6.45) is 5.57. The fourth-order valence-electron chi connectivity index (χ4n) is 10.8. The van der Waals surface area contributed by atoms with Crippen LogP contribution in [0.2, 0.25) is 0 Å². The molecule has 1 aliphatic heterocycles. The molecule has 6 heteroatoms. The van der Waals surface area contributed by atoms with Crippen LogP contribution in [0.5, 0.6) is 11.5 Å². The summed E-state index contributed by atoms with van der Waals surface area (Å²) < 4.78 is 112. The van der Waals surface area contributed by atoms with Gasteiger partial charge >= 0.3 is 0 Å². The van der Waals surface area contributed by atoms with Gasteiger partial charge in [0, 0.05) is 52.5 Å². The number of rotatable bonds is 6. The topological polar surface area (TPSA) is 35.9 Å². The summed E-state index contributed by atoms with van der Waals surface area (Å²) in [5, 5.41) is 2.01. The molecule has 5 nitrogen and oxygen atoms in total. The maximum Gasteiger partial charge on any atom is 0.268 e. The van der Waals surface area contributed by atoms with E-state index < -0.39 is 49.3 Å². The second kappa shape index (κ2) is 18.6. The van der Waals surface area contributed by atoms with Crippen molar-refractivity contribution in [3.63, 3.8) is 0 Å². The van der Waals surface area contributed by atoms with Gasteiger partial charge < -0.3 is 13.9 Å². The first-order valence-electron chi connectivity index (χ1n) is 30.5. The van der Waals surface area contributed by atoms with Crippen LogP contribution in [0.3, 0.4) is 0 Å². The number of hydrogen-bond donors (Lipinski definition) is 0. The third-order valence-electron chi connectivity index (χ3n) is 14.4. The van der Waals surface area contributed by atoms with Gasteiger partial charge in [0.1, 0.15) is 5.82 Å². The standard InChI is InChI=1S/C70H56N4O.Pt/c1-44-20-16-21-45(2)65(44)58-31-19-32-59-66-52(46-22-10-9-11-23-46)29-18-30-57(66)53-26-12-13-27-54(53)60-38-48(70(6,7)8)39-63-68(60)73(67(58)59)43-72(63)49-24-17-25-50(41-49)75-51-34-35-56-55-28-14-15-33-61(55)74(62(56)42-51)64-40-47(36-37-71-64)69(3,4)5;/h9-40H,1-8H3;/q-2;/i1D3,2D3,9D,10D,11D,22D,23D;. The first-order valence-corrected chi connectivity index (χ1v) is 25.0. The predicted molar refractivity (Wildman–Crippen MR) is 308 cm³/mol. The molecule has 0 unspecified atom stereocenters. The van der Waals surface area contributed by atoms with E-state index >= 15 is 0 Å². The molecule has 0 radical (unpaired) electrons.